The normalized spacial score (nSPS) is 10.3. The Morgan fingerprint density at radius 1 is 1.00 bits per heavy atom. The van der Waals surface area contributed by atoms with E-state index in [2.05, 4.69) is 68.4 Å². The third kappa shape index (κ3) is 3.33. The van der Waals surface area contributed by atoms with Crippen LogP contribution in [0.5, 0.6) is 0 Å². The number of hydrogen-bond acceptors (Lipinski definition) is 1. The molecule has 0 radical (unpaired) electrons. The molecule has 0 atom stereocenters. The standard InChI is InChI=1S/C14H13Br2N/c1-10-8-11(6-7-12(10)15)9-17-14-5-3-2-4-13(14)16/h2-8,17H,9H2,1H3. The molecule has 0 aliphatic carbocycles. The van der Waals surface area contributed by atoms with Crippen molar-refractivity contribution in [3.63, 3.8) is 0 Å². The fourth-order valence-corrected chi connectivity index (χ4v) is 2.29. The van der Waals surface area contributed by atoms with Crippen LogP contribution in [0.1, 0.15) is 11.1 Å². The molecule has 88 valence electrons. The lowest BCUT2D eigenvalue weighted by atomic mass is 10.1. The van der Waals surface area contributed by atoms with E-state index in [1.54, 1.807) is 0 Å². The van der Waals surface area contributed by atoms with Gasteiger partial charge in [0.05, 0.1) is 0 Å². The Bertz CT molecular complexity index is 523. The Morgan fingerprint density at radius 2 is 1.76 bits per heavy atom. The molecule has 2 rings (SSSR count). The van der Waals surface area contributed by atoms with Crippen LogP contribution in [0.25, 0.3) is 0 Å². The number of rotatable bonds is 3. The van der Waals surface area contributed by atoms with Crippen LogP contribution in [-0.4, -0.2) is 0 Å². The highest BCUT2D eigenvalue weighted by atomic mass is 79.9. The maximum Gasteiger partial charge on any atom is 0.0487 e. The molecular weight excluding hydrogens is 342 g/mol. The van der Waals surface area contributed by atoms with Gasteiger partial charge in [-0.05, 0) is 52.2 Å². The van der Waals surface area contributed by atoms with Crippen LogP contribution in [0.15, 0.2) is 51.4 Å². The topological polar surface area (TPSA) is 12.0 Å². The molecule has 3 heteroatoms. The molecule has 1 nitrogen and oxygen atoms in total. The van der Waals surface area contributed by atoms with Crippen LogP contribution in [0.3, 0.4) is 0 Å². The average molecular weight is 355 g/mol. The predicted octanol–water partition coefficient (Wildman–Crippen LogP) is 5.13. The molecule has 0 amide bonds. The highest BCUT2D eigenvalue weighted by Gasteiger charge is 2.00. The second-order valence-corrected chi connectivity index (χ2v) is 5.63. The van der Waals surface area contributed by atoms with Crippen molar-refractivity contribution in [3.05, 3.63) is 62.5 Å². The van der Waals surface area contributed by atoms with Gasteiger partial charge >= 0.3 is 0 Å². The van der Waals surface area contributed by atoms with Crippen molar-refractivity contribution in [1.29, 1.82) is 0 Å². The molecule has 17 heavy (non-hydrogen) atoms. The van der Waals surface area contributed by atoms with Crippen molar-refractivity contribution in [2.45, 2.75) is 13.5 Å². The summed E-state index contributed by atoms with van der Waals surface area (Å²) >= 11 is 7.03. The average Bonchev–Trinajstić information content (AvgIpc) is 2.32. The van der Waals surface area contributed by atoms with Gasteiger partial charge in [0.2, 0.25) is 0 Å². The number of nitrogens with one attached hydrogen (secondary N) is 1. The van der Waals surface area contributed by atoms with Crippen LogP contribution >= 0.6 is 31.9 Å². The summed E-state index contributed by atoms with van der Waals surface area (Å²) in [6.07, 6.45) is 0. The van der Waals surface area contributed by atoms with E-state index in [0.29, 0.717) is 0 Å². The number of para-hydroxylation sites is 1. The van der Waals surface area contributed by atoms with Gasteiger partial charge in [0, 0.05) is 21.2 Å². The number of anilines is 1. The molecule has 2 aromatic rings. The van der Waals surface area contributed by atoms with Crippen molar-refractivity contribution in [2.75, 3.05) is 5.32 Å². The van der Waals surface area contributed by atoms with Gasteiger partial charge in [-0.2, -0.15) is 0 Å². The molecule has 0 spiro atoms. The van der Waals surface area contributed by atoms with Gasteiger partial charge in [0.25, 0.3) is 0 Å². The highest BCUT2D eigenvalue weighted by Crippen LogP contribution is 2.22. The fraction of sp³-hybridized carbons (Fsp3) is 0.143. The van der Waals surface area contributed by atoms with Crippen LogP contribution in [-0.2, 0) is 6.54 Å². The number of aryl methyl sites for hydroxylation is 1. The Labute approximate surface area is 119 Å². The summed E-state index contributed by atoms with van der Waals surface area (Å²) in [5, 5.41) is 3.41. The summed E-state index contributed by atoms with van der Waals surface area (Å²) in [5.41, 5.74) is 3.66. The first-order chi connectivity index (χ1) is 8.16. The molecule has 0 fully saturated rings. The minimum Gasteiger partial charge on any atom is -0.380 e. The Morgan fingerprint density at radius 3 is 2.47 bits per heavy atom. The van der Waals surface area contributed by atoms with E-state index in [0.717, 1.165) is 21.2 Å². The number of benzene rings is 2. The quantitative estimate of drug-likeness (QED) is 0.805. The smallest absolute Gasteiger partial charge is 0.0487 e. The third-order valence-corrected chi connectivity index (χ3v) is 4.16. The number of halogens is 2. The van der Waals surface area contributed by atoms with Crippen LogP contribution < -0.4 is 5.32 Å². The zero-order valence-corrected chi connectivity index (χ0v) is 12.7. The highest BCUT2D eigenvalue weighted by molar-refractivity contribution is 9.10. The van der Waals surface area contributed by atoms with Crippen molar-refractivity contribution in [2.24, 2.45) is 0 Å². The second-order valence-electron chi connectivity index (χ2n) is 3.92. The summed E-state index contributed by atoms with van der Waals surface area (Å²) in [7, 11) is 0. The maximum atomic E-state index is 3.53. The van der Waals surface area contributed by atoms with Gasteiger partial charge in [0.15, 0.2) is 0 Å². The lowest BCUT2D eigenvalue weighted by Gasteiger charge is -2.09. The first-order valence-corrected chi connectivity index (χ1v) is 6.99. The van der Waals surface area contributed by atoms with Crippen LogP contribution in [0.4, 0.5) is 5.69 Å². The van der Waals surface area contributed by atoms with Crippen LogP contribution in [0, 0.1) is 6.92 Å². The SMILES string of the molecule is Cc1cc(CNc2ccccc2Br)ccc1Br. The Kier molecular flexibility index (Phi) is 4.24. The van der Waals surface area contributed by atoms with Crippen molar-refractivity contribution in [1.82, 2.24) is 0 Å². The van der Waals surface area contributed by atoms with E-state index in [1.807, 2.05) is 18.2 Å². The van der Waals surface area contributed by atoms with Crippen molar-refractivity contribution >= 4 is 37.5 Å². The Hall–Kier alpha value is -0.800. The molecule has 0 aliphatic rings. The molecule has 1 N–H and O–H groups in total. The molecule has 0 heterocycles. The second kappa shape index (κ2) is 5.69. The van der Waals surface area contributed by atoms with Gasteiger partial charge in [-0.1, -0.05) is 40.2 Å². The molecular formula is C14H13Br2N. The summed E-state index contributed by atoms with van der Waals surface area (Å²) < 4.78 is 2.25. The minimum absolute atomic E-state index is 0.830. The van der Waals surface area contributed by atoms with E-state index in [-0.39, 0.29) is 0 Å². The van der Waals surface area contributed by atoms with E-state index < -0.39 is 0 Å². The summed E-state index contributed by atoms with van der Waals surface area (Å²) in [6.45, 7) is 2.93. The molecule has 0 aliphatic heterocycles. The first-order valence-electron chi connectivity index (χ1n) is 5.40. The molecule has 0 aromatic heterocycles. The lowest BCUT2D eigenvalue weighted by Crippen LogP contribution is -2.00. The molecule has 0 saturated carbocycles. The predicted molar refractivity (Wildman–Crippen MR) is 80.3 cm³/mol. The van der Waals surface area contributed by atoms with Gasteiger partial charge in [-0.3, -0.25) is 0 Å². The van der Waals surface area contributed by atoms with E-state index in [9.17, 15) is 0 Å². The fourth-order valence-electron chi connectivity index (χ4n) is 1.62. The maximum absolute atomic E-state index is 3.53. The van der Waals surface area contributed by atoms with Gasteiger partial charge in [-0.25, -0.2) is 0 Å². The minimum atomic E-state index is 0.830. The molecule has 2 aromatic carbocycles. The van der Waals surface area contributed by atoms with E-state index >= 15 is 0 Å². The summed E-state index contributed by atoms with van der Waals surface area (Å²) in [6, 6.07) is 14.5. The van der Waals surface area contributed by atoms with E-state index in [4.69, 9.17) is 0 Å². The van der Waals surface area contributed by atoms with Gasteiger partial charge in [0.1, 0.15) is 0 Å². The number of hydrogen-bond donors (Lipinski definition) is 1. The summed E-state index contributed by atoms with van der Waals surface area (Å²) in [4.78, 5) is 0. The van der Waals surface area contributed by atoms with Crippen molar-refractivity contribution < 1.29 is 0 Å². The molecule has 0 bridgehead atoms. The van der Waals surface area contributed by atoms with Crippen LogP contribution in [0.2, 0.25) is 0 Å². The monoisotopic (exact) mass is 353 g/mol. The first kappa shape index (κ1) is 12.7. The molecule has 0 unspecified atom stereocenters. The van der Waals surface area contributed by atoms with Crippen molar-refractivity contribution in [3.8, 4) is 0 Å². The third-order valence-electron chi connectivity index (χ3n) is 2.58. The van der Waals surface area contributed by atoms with E-state index in [1.165, 1.54) is 11.1 Å². The molecule has 0 saturated heterocycles. The van der Waals surface area contributed by atoms with Gasteiger partial charge in [-0.15, -0.1) is 0 Å². The zero-order valence-electron chi connectivity index (χ0n) is 9.50. The Balaban J connectivity index is 2.08. The summed E-state index contributed by atoms with van der Waals surface area (Å²) in [5.74, 6) is 0. The lowest BCUT2D eigenvalue weighted by molar-refractivity contribution is 1.13. The largest absolute Gasteiger partial charge is 0.380 e. The van der Waals surface area contributed by atoms with Gasteiger partial charge < -0.3 is 5.32 Å². The zero-order chi connectivity index (χ0) is 12.3.